The third kappa shape index (κ3) is 5.57. The molecule has 1 N–H and O–H groups in total. The number of hydrogen-bond acceptors (Lipinski definition) is 2. The molecule has 0 heterocycles. The van der Waals surface area contributed by atoms with Crippen LogP contribution in [0.25, 0.3) is 0 Å². The molecule has 0 aliphatic heterocycles. The van der Waals surface area contributed by atoms with E-state index in [1.807, 2.05) is 6.92 Å². The van der Waals surface area contributed by atoms with Crippen LogP contribution < -0.4 is 5.32 Å². The maximum absolute atomic E-state index is 13.6. The van der Waals surface area contributed by atoms with Crippen LogP contribution in [-0.4, -0.2) is 26.2 Å². The van der Waals surface area contributed by atoms with Gasteiger partial charge in [-0.05, 0) is 31.2 Å². The SMILES string of the molecule is CCNC(CCOCC(F)F)c1cc(F)ccc1F. The Hall–Kier alpha value is -1.14. The number of halogens is 4. The molecule has 0 saturated heterocycles. The number of benzene rings is 1. The van der Waals surface area contributed by atoms with Gasteiger partial charge in [-0.25, -0.2) is 17.6 Å². The second kappa shape index (κ2) is 8.12. The molecule has 1 atom stereocenters. The van der Waals surface area contributed by atoms with Crippen LogP contribution >= 0.6 is 0 Å². The molecule has 1 aromatic rings. The zero-order chi connectivity index (χ0) is 14.3. The third-order valence-corrected chi connectivity index (χ3v) is 2.58. The standard InChI is InChI=1S/C13H17F4NO/c1-2-18-12(5-6-19-8-13(16)17)10-7-9(14)3-4-11(10)15/h3-4,7,12-13,18H,2,5-6,8H2,1H3. The van der Waals surface area contributed by atoms with Crippen molar-refractivity contribution in [3.8, 4) is 0 Å². The lowest BCUT2D eigenvalue weighted by atomic mass is 10.0. The van der Waals surface area contributed by atoms with Crippen LogP contribution in [-0.2, 0) is 4.74 Å². The van der Waals surface area contributed by atoms with E-state index in [-0.39, 0.29) is 12.2 Å². The highest BCUT2D eigenvalue weighted by Gasteiger charge is 2.16. The Kier molecular flexibility index (Phi) is 6.80. The summed E-state index contributed by atoms with van der Waals surface area (Å²) in [5.74, 6) is -1.06. The molecule has 0 radical (unpaired) electrons. The molecule has 2 nitrogen and oxygen atoms in total. The predicted octanol–water partition coefficient (Wildman–Crippen LogP) is 3.29. The Morgan fingerprint density at radius 1 is 1.26 bits per heavy atom. The van der Waals surface area contributed by atoms with Gasteiger partial charge in [-0.3, -0.25) is 0 Å². The van der Waals surface area contributed by atoms with Gasteiger partial charge in [0.05, 0.1) is 0 Å². The summed E-state index contributed by atoms with van der Waals surface area (Å²) in [6.07, 6.45) is -2.23. The zero-order valence-corrected chi connectivity index (χ0v) is 10.6. The molecule has 1 rings (SSSR count). The summed E-state index contributed by atoms with van der Waals surface area (Å²) in [5.41, 5.74) is 0.183. The van der Waals surface area contributed by atoms with Gasteiger partial charge in [-0.15, -0.1) is 0 Å². The minimum Gasteiger partial charge on any atom is -0.375 e. The van der Waals surface area contributed by atoms with Crippen LogP contribution in [0.4, 0.5) is 17.6 Å². The van der Waals surface area contributed by atoms with Gasteiger partial charge in [0.15, 0.2) is 0 Å². The molecule has 0 fully saturated rings. The Morgan fingerprint density at radius 3 is 2.63 bits per heavy atom. The van der Waals surface area contributed by atoms with Crippen LogP contribution in [0.2, 0.25) is 0 Å². The van der Waals surface area contributed by atoms with Gasteiger partial charge in [0.25, 0.3) is 6.43 Å². The summed E-state index contributed by atoms with van der Waals surface area (Å²) < 4.78 is 55.3. The molecule has 0 aliphatic rings. The minimum absolute atomic E-state index is 0.0535. The summed E-state index contributed by atoms with van der Waals surface area (Å²) in [7, 11) is 0. The summed E-state index contributed by atoms with van der Waals surface area (Å²) in [6.45, 7) is 1.78. The van der Waals surface area contributed by atoms with E-state index in [0.717, 1.165) is 18.2 Å². The lowest BCUT2D eigenvalue weighted by molar-refractivity contribution is 0.0143. The van der Waals surface area contributed by atoms with Gasteiger partial charge in [0.1, 0.15) is 18.2 Å². The normalized spacial score (nSPS) is 12.9. The second-order valence-electron chi connectivity index (χ2n) is 4.03. The first-order valence-electron chi connectivity index (χ1n) is 6.08. The highest BCUT2D eigenvalue weighted by molar-refractivity contribution is 5.22. The first kappa shape index (κ1) is 15.9. The first-order chi connectivity index (χ1) is 9.04. The molecule has 0 spiro atoms. The van der Waals surface area contributed by atoms with Crippen molar-refractivity contribution in [2.75, 3.05) is 19.8 Å². The summed E-state index contributed by atoms with van der Waals surface area (Å²) in [6, 6.07) is 2.73. The highest BCUT2D eigenvalue weighted by Crippen LogP contribution is 2.21. The van der Waals surface area contributed by atoms with Gasteiger partial charge >= 0.3 is 0 Å². The first-order valence-corrected chi connectivity index (χ1v) is 6.08. The average molecular weight is 279 g/mol. The van der Waals surface area contributed by atoms with E-state index in [0.29, 0.717) is 13.0 Å². The van der Waals surface area contributed by atoms with Crippen LogP contribution in [0.3, 0.4) is 0 Å². The topological polar surface area (TPSA) is 21.3 Å². The molecular weight excluding hydrogens is 262 g/mol. The van der Waals surface area contributed by atoms with E-state index < -0.39 is 30.7 Å². The molecule has 0 aliphatic carbocycles. The summed E-state index contributed by atoms with van der Waals surface area (Å²) >= 11 is 0. The minimum atomic E-state index is -2.52. The van der Waals surface area contributed by atoms with E-state index in [4.69, 9.17) is 4.74 Å². The van der Waals surface area contributed by atoms with Crippen molar-refractivity contribution in [1.29, 1.82) is 0 Å². The number of nitrogens with one attached hydrogen (secondary N) is 1. The fraction of sp³-hybridized carbons (Fsp3) is 0.538. The van der Waals surface area contributed by atoms with Gasteiger partial charge in [0, 0.05) is 18.2 Å². The number of rotatable bonds is 8. The monoisotopic (exact) mass is 279 g/mol. The van der Waals surface area contributed by atoms with Gasteiger partial charge < -0.3 is 10.1 Å². The lowest BCUT2D eigenvalue weighted by Gasteiger charge is -2.19. The second-order valence-corrected chi connectivity index (χ2v) is 4.03. The van der Waals surface area contributed by atoms with Crippen LogP contribution in [0, 0.1) is 11.6 Å². The van der Waals surface area contributed by atoms with Gasteiger partial charge in [-0.1, -0.05) is 6.92 Å². The van der Waals surface area contributed by atoms with Gasteiger partial charge in [-0.2, -0.15) is 0 Å². The van der Waals surface area contributed by atoms with Crippen molar-refractivity contribution < 1.29 is 22.3 Å². The van der Waals surface area contributed by atoms with Crippen molar-refractivity contribution in [3.05, 3.63) is 35.4 Å². The number of ether oxygens (including phenoxy) is 1. The number of hydrogen-bond donors (Lipinski definition) is 1. The Balaban J connectivity index is 2.63. The van der Waals surface area contributed by atoms with Crippen LogP contribution in [0.15, 0.2) is 18.2 Å². The van der Waals surface area contributed by atoms with Gasteiger partial charge in [0.2, 0.25) is 0 Å². The maximum atomic E-state index is 13.6. The van der Waals surface area contributed by atoms with Crippen molar-refractivity contribution in [3.63, 3.8) is 0 Å². The van der Waals surface area contributed by atoms with Crippen molar-refractivity contribution in [1.82, 2.24) is 5.32 Å². The Labute approximate surface area is 109 Å². The molecule has 0 saturated carbocycles. The van der Waals surface area contributed by atoms with Crippen molar-refractivity contribution in [2.24, 2.45) is 0 Å². The van der Waals surface area contributed by atoms with E-state index in [1.165, 1.54) is 0 Å². The fourth-order valence-corrected chi connectivity index (χ4v) is 1.77. The number of alkyl halides is 2. The third-order valence-electron chi connectivity index (χ3n) is 2.58. The summed E-state index contributed by atoms with van der Waals surface area (Å²) in [4.78, 5) is 0. The van der Waals surface area contributed by atoms with Crippen molar-refractivity contribution >= 4 is 0 Å². The molecule has 108 valence electrons. The molecule has 19 heavy (non-hydrogen) atoms. The smallest absolute Gasteiger partial charge is 0.261 e. The largest absolute Gasteiger partial charge is 0.375 e. The molecule has 6 heteroatoms. The van der Waals surface area contributed by atoms with Crippen molar-refractivity contribution in [2.45, 2.75) is 25.8 Å². The van der Waals surface area contributed by atoms with E-state index in [2.05, 4.69) is 5.32 Å². The Morgan fingerprint density at radius 2 is 2.00 bits per heavy atom. The highest BCUT2D eigenvalue weighted by atomic mass is 19.3. The van der Waals surface area contributed by atoms with Crippen LogP contribution in [0.5, 0.6) is 0 Å². The fourth-order valence-electron chi connectivity index (χ4n) is 1.77. The molecule has 1 aromatic carbocycles. The average Bonchev–Trinajstić information content (AvgIpc) is 2.36. The summed E-state index contributed by atoms with van der Waals surface area (Å²) in [5, 5.41) is 2.98. The quantitative estimate of drug-likeness (QED) is 0.582. The molecule has 0 bridgehead atoms. The van der Waals surface area contributed by atoms with E-state index in [9.17, 15) is 17.6 Å². The molecular formula is C13H17F4NO. The van der Waals surface area contributed by atoms with E-state index in [1.54, 1.807) is 0 Å². The lowest BCUT2D eigenvalue weighted by Crippen LogP contribution is -2.24. The molecule has 0 amide bonds. The zero-order valence-electron chi connectivity index (χ0n) is 10.6. The Bertz CT molecular complexity index is 387. The molecule has 1 unspecified atom stereocenters. The maximum Gasteiger partial charge on any atom is 0.261 e. The molecule has 0 aromatic heterocycles. The predicted molar refractivity (Wildman–Crippen MR) is 64.2 cm³/mol. The van der Waals surface area contributed by atoms with E-state index >= 15 is 0 Å². The van der Waals surface area contributed by atoms with Crippen LogP contribution in [0.1, 0.15) is 24.9 Å².